The van der Waals surface area contributed by atoms with Crippen LogP contribution in [0.1, 0.15) is 12.5 Å². The summed E-state index contributed by atoms with van der Waals surface area (Å²) in [6.07, 6.45) is 2.93. The van der Waals surface area contributed by atoms with Crippen molar-refractivity contribution in [3.05, 3.63) is 40.4 Å². The normalized spacial score (nSPS) is 12.4. The summed E-state index contributed by atoms with van der Waals surface area (Å²) in [5.41, 5.74) is 0.867. The van der Waals surface area contributed by atoms with Crippen LogP contribution in [0.2, 0.25) is 0 Å². The molecule has 0 saturated heterocycles. The van der Waals surface area contributed by atoms with Crippen LogP contribution in [0, 0.1) is 0 Å². The van der Waals surface area contributed by atoms with Crippen LogP contribution >= 0.6 is 15.9 Å². The van der Waals surface area contributed by atoms with Gasteiger partial charge in [0.25, 0.3) is 0 Å². The molecule has 0 aliphatic carbocycles. The Labute approximate surface area is 107 Å². The van der Waals surface area contributed by atoms with Gasteiger partial charge in [0.15, 0.2) is 0 Å². The molecule has 0 aromatic heterocycles. The van der Waals surface area contributed by atoms with E-state index in [1.54, 1.807) is 6.08 Å². The van der Waals surface area contributed by atoms with Crippen LogP contribution in [-0.4, -0.2) is 23.0 Å². The summed E-state index contributed by atoms with van der Waals surface area (Å²) in [6, 6.07) is 6.51. The first kappa shape index (κ1) is 13.4. The van der Waals surface area contributed by atoms with E-state index < -0.39 is 17.9 Å². The van der Waals surface area contributed by atoms with Crippen molar-refractivity contribution < 1.29 is 14.7 Å². The molecular formula is C12H12BrNO3. The minimum Gasteiger partial charge on any atom is -0.480 e. The fraction of sp³-hybridized carbons (Fsp3) is 0.167. The molecule has 90 valence electrons. The van der Waals surface area contributed by atoms with E-state index in [1.807, 2.05) is 24.3 Å². The Morgan fingerprint density at radius 2 is 1.94 bits per heavy atom. The number of carboxylic acid groups (broad SMARTS) is 1. The van der Waals surface area contributed by atoms with Gasteiger partial charge in [-0.25, -0.2) is 0 Å². The predicted molar refractivity (Wildman–Crippen MR) is 68.4 cm³/mol. The molecule has 0 bridgehead atoms. The fourth-order valence-corrected chi connectivity index (χ4v) is 1.33. The largest absolute Gasteiger partial charge is 0.480 e. The number of amides is 1. The van der Waals surface area contributed by atoms with E-state index in [4.69, 9.17) is 5.11 Å². The lowest BCUT2D eigenvalue weighted by Crippen LogP contribution is -2.37. The van der Waals surface area contributed by atoms with Gasteiger partial charge in [0.2, 0.25) is 5.91 Å². The molecule has 0 aliphatic heterocycles. The fourth-order valence-electron chi connectivity index (χ4n) is 1.07. The van der Waals surface area contributed by atoms with Crippen LogP contribution in [-0.2, 0) is 9.59 Å². The third-order valence-electron chi connectivity index (χ3n) is 2.03. The second-order valence-corrected chi connectivity index (χ2v) is 4.37. The maximum Gasteiger partial charge on any atom is 0.325 e. The number of halogens is 1. The van der Waals surface area contributed by atoms with Crippen molar-refractivity contribution in [3.63, 3.8) is 0 Å². The van der Waals surface area contributed by atoms with Gasteiger partial charge in [-0.2, -0.15) is 0 Å². The Balaban J connectivity index is 2.56. The first-order valence-corrected chi connectivity index (χ1v) is 5.75. The van der Waals surface area contributed by atoms with Gasteiger partial charge in [-0.3, -0.25) is 9.59 Å². The molecule has 1 unspecified atom stereocenters. The Kier molecular flexibility index (Phi) is 4.90. The van der Waals surface area contributed by atoms with Crippen LogP contribution < -0.4 is 5.32 Å². The van der Waals surface area contributed by atoms with Crippen molar-refractivity contribution in [2.75, 3.05) is 0 Å². The average molecular weight is 298 g/mol. The number of hydrogen-bond donors (Lipinski definition) is 2. The second-order valence-electron chi connectivity index (χ2n) is 3.45. The molecule has 0 saturated carbocycles. The molecule has 1 amide bonds. The first-order valence-electron chi connectivity index (χ1n) is 4.96. The van der Waals surface area contributed by atoms with Crippen molar-refractivity contribution in [1.82, 2.24) is 5.32 Å². The highest BCUT2D eigenvalue weighted by atomic mass is 79.9. The van der Waals surface area contributed by atoms with E-state index in [9.17, 15) is 9.59 Å². The molecule has 0 spiro atoms. The monoisotopic (exact) mass is 297 g/mol. The molecule has 1 aromatic carbocycles. The zero-order valence-electron chi connectivity index (χ0n) is 9.18. The molecule has 5 heteroatoms. The maximum atomic E-state index is 11.3. The zero-order valence-corrected chi connectivity index (χ0v) is 10.8. The van der Waals surface area contributed by atoms with Crippen LogP contribution in [0.25, 0.3) is 6.08 Å². The first-order chi connectivity index (χ1) is 7.99. The Morgan fingerprint density at radius 3 is 2.47 bits per heavy atom. The third kappa shape index (κ3) is 4.82. The number of carbonyl (C=O) groups is 2. The number of hydrogen-bond acceptors (Lipinski definition) is 2. The van der Waals surface area contributed by atoms with Gasteiger partial charge in [-0.1, -0.05) is 28.1 Å². The van der Waals surface area contributed by atoms with Gasteiger partial charge < -0.3 is 10.4 Å². The van der Waals surface area contributed by atoms with Gasteiger partial charge in [0.05, 0.1) is 0 Å². The molecule has 1 aromatic rings. The smallest absolute Gasteiger partial charge is 0.325 e. The number of carboxylic acids is 1. The van der Waals surface area contributed by atoms with Gasteiger partial charge in [0, 0.05) is 10.5 Å². The molecule has 0 radical (unpaired) electrons. The van der Waals surface area contributed by atoms with Crippen LogP contribution in [0.4, 0.5) is 0 Å². The van der Waals surface area contributed by atoms with E-state index in [0.717, 1.165) is 10.0 Å². The average Bonchev–Trinajstić information content (AvgIpc) is 2.28. The van der Waals surface area contributed by atoms with Gasteiger partial charge in [0.1, 0.15) is 6.04 Å². The van der Waals surface area contributed by atoms with E-state index in [-0.39, 0.29) is 0 Å². The van der Waals surface area contributed by atoms with Crippen LogP contribution in [0.3, 0.4) is 0 Å². The molecule has 1 rings (SSSR count). The Morgan fingerprint density at radius 1 is 1.35 bits per heavy atom. The Bertz CT molecular complexity index is 440. The summed E-state index contributed by atoms with van der Waals surface area (Å²) in [7, 11) is 0. The van der Waals surface area contributed by atoms with E-state index in [0.29, 0.717) is 0 Å². The molecular weight excluding hydrogens is 286 g/mol. The van der Waals surface area contributed by atoms with Gasteiger partial charge >= 0.3 is 5.97 Å². The maximum absolute atomic E-state index is 11.3. The molecule has 1 atom stereocenters. The highest BCUT2D eigenvalue weighted by molar-refractivity contribution is 9.10. The van der Waals surface area contributed by atoms with Crippen molar-refractivity contribution in [3.8, 4) is 0 Å². The summed E-state index contributed by atoms with van der Waals surface area (Å²) in [4.78, 5) is 21.8. The summed E-state index contributed by atoms with van der Waals surface area (Å²) in [5, 5.41) is 10.9. The molecule has 4 nitrogen and oxygen atoms in total. The summed E-state index contributed by atoms with van der Waals surface area (Å²) in [6.45, 7) is 1.41. The minimum atomic E-state index is -1.06. The Hall–Kier alpha value is -1.62. The summed E-state index contributed by atoms with van der Waals surface area (Å²) in [5.74, 6) is -1.49. The molecule has 17 heavy (non-hydrogen) atoms. The van der Waals surface area contributed by atoms with Crippen molar-refractivity contribution >= 4 is 33.9 Å². The van der Waals surface area contributed by atoms with Gasteiger partial charge in [-0.05, 0) is 30.7 Å². The number of nitrogens with one attached hydrogen (secondary N) is 1. The SMILES string of the molecule is CC(NC(=O)/C=C/c1ccc(Br)cc1)C(=O)O. The van der Waals surface area contributed by atoms with Crippen LogP contribution in [0.5, 0.6) is 0 Å². The van der Waals surface area contributed by atoms with Crippen molar-refractivity contribution in [2.45, 2.75) is 13.0 Å². The molecule has 0 aliphatic rings. The topological polar surface area (TPSA) is 66.4 Å². The highest BCUT2D eigenvalue weighted by Gasteiger charge is 2.11. The lowest BCUT2D eigenvalue weighted by Gasteiger charge is -2.05. The molecule has 0 fully saturated rings. The lowest BCUT2D eigenvalue weighted by atomic mass is 10.2. The summed E-state index contributed by atoms with van der Waals surface area (Å²) < 4.78 is 0.957. The number of rotatable bonds is 4. The molecule has 2 N–H and O–H groups in total. The van der Waals surface area contributed by atoms with E-state index in [1.165, 1.54) is 13.0 Å². The number of carbonyl (C=O) groups excluding carboxylic acids is 1. The van der Waals surface area contributed by atoms with E-state index in [2.05, 4.69) is 21.2 Å². The lowest BCUT2D eigenvalue weighted by molar-refractivity contribution is -0.140. The minimum absolute atomic E-state index is 0.428. The van der Waals surface area contributed by atoms with Crippen LogP contribution in [0.15, 0.2) is 34.8 Å². The van der Waals surface area contributed by atoms with Crippen molar-refractivity contribution in [2.24, 2.45) is 0 Å². The second kappa shape index (κ2) is 6.20. The number of benzene rings is 1. The van der Waals surface area contributed by atoms with E-state index >= 15 is 0 Å². The van der Waals surface area contributed by atoms with Gasteiger partial charge in [-0.15, -0.1) is 0 Å². The molecule has 0 heterocycles. The quantitative estimate of drug-likeness (QED) is 0.836. The van der Waals surface area contributed by atoms with Crippen molar-refractivity contribution in [1.29, 1.82) is 0 Å². The number of aliphatic carboxylic acids is 1. The third-order valence-corrected chi connectivity index (χ3v) is 2.56. The predicted octanol–water partition coefficient (Wildman–Crippen LogP) is 2.05. The zero-order chi connectivity index (χ0) is 12.8. The standard InChI is InChI=1S/C12H12BrNO3/c1-8(12(16)17)14-11(15)7-4-9-2-5-10(13)6-3-9/h2-8H,1H3,(H,14,15)(H,16,17)/b7-4+. The summed E-state index contributed by atoms with van der Waals surface area (Å²) >= 11 is 3.31. The highest BCUT2D eigenvalue weighted by Crippen LogP contribution is 2.11.